The molecule has 0 N–H and O–H groups in total. The molecule has 0 saturated heterocycles. The Hall–Kier alpha value is -0.920. The van der Waals surface area contributed by atoms with E-state index in [1.807, 2.05) is 0 Å². The van der Waals surface area contributed by atoms with Crippen LogP contribution in [-0.2, 0) is 19.1 Å². The molecule has 0 unspecified atom stereocenters. The van der Waals surface area contributed by atoms with Crippen molar-refractivity contribution in [1.29, 1.82) is 0 Å². The van der Waals surface area contributed by atoms with E-state index in [0.29, 0.717) is 6.42 Å². The van der Waals surface area contributed by atoms with Crippen LogP contribution in [0.5, 0.6) is 0 Å². The summed E-state index contributed by atoms with van der Waals surface area (Å²) in [6.07, 6.45) is 0.292. The molecule has 124 valence electrons. The second kappa shape index (κ2) is 9.17. The van der Waals surface area contributed by atoms with Crippen LogP contribution in [0, 0.1) is 5.41 Å². The summed E-state index contributed by atoms with van der Waals surface area (Å²) < 4.78 is 46.5. The molecule has 0 radical (unpaired) electrons. The average Bonchev–Trinajstić information content (AvgIpc) is 2.36. The Kier molecular flexibility index (Phi) is 8.77. The first kappa shape index (κ1) is 20.1. The van der Waals surface area contributed by atoms with Gasteiger partial charge in [0.05, 0.1) is 13.2 Å². The maximum atomic E-state index is 12.2. The largest absolute Gasteiger partial charge is 0.465 e. The van der Waals surface area contributed by atoms with Gasteiger partial charge in [-0.05, 0) is 26.7 Å². The first-order valence-corrected chi connectivity index (χ1v) is 7.77. The summed E-state index contributed by atoms with van der Waals surface area (Å²) in [5.74, 6) is -2.03. The summed E-state index contributed by atoms with van der Waals surface area (Å²) in [6.45, 7) is 4.99. The Morgan fingerprint density at radius 2 is 1.43 bits per heavy atom. The number of alkyl halides is 3. The minimum atomic E-state index is -4.40. The topological polar surface area (TPSA) is 52.6 Å². The number of halogens is 3. The van der Waals surface area contributed by atoms with E-state index < -0.39 is 28.6 Å². The molecule has 0 aliphatic heterocycles. The van der Waals surface area contributed by atoms with Crippen molar-refractivity contribution in [3.63, 3.8) is 0 Å². The predicted octanol–water partition coefficient (Wildman–Crippen LogP) is 3.54. The van der Waals surface area contributed by atoms with Gasteiger partial charge in [0.2, 0.25) is 0 Å². The van der Waals surface area contributed by atoms with Crippen molar-refractivity contribution in [1.82, 2.24) is 0 Å². The van der Waals surface area contributed by atoms with Gasteiger partial charge in [-0.25, -0.2) is 0 Å². The second-order valence-electron chi connectivity index (χ2n) is 4.32. The molecule has 0 aromatic carbocycles. The van der Waals surface area contributed by atoms with E-state index in [4.69, 9.17) is 9.47 Å². The number of hydrogen-bond donors (Lipinski definition) is 0. The fourth-order valence-electron chi connectivity index (χ4n) is 1.92. The zero-order valence-electron chi connectivity index (χ0n) is 12.4. The lowest BCUT2D eigenvalue weighted by molar-refractivity contribution is -0.173. The summed E-state index contributed by atoms with van der Waals surface area (Å²) in [5.41, 5.74) is -6.06. The monoisotopic (exact) mass is 330 g/mol. The molecule has 0 atom stereocenters. The Morgan fingerprint density at radius 1 is 0.952 bits per heavy atom. The number of thioether (sulfide) groups is 1. The van der Waals surface area contributed by atoms with Gasteiger partial charge in [0, 0.05) is 5.75 Å². The molecule has 4 nitrogen and oxygen atoms in total. The van der Waals surface area contributed by atoms with Crippen LogP contribution in [0.4, 0.5) is 13.2 Å². The molecule has 0 heterocycles. The Morgan fingerprint density at radius 3 is 1.76 bits per heavy atom. The van der Waals surface area contributed by atoms with Crippen LogP contribution in [0.15, 0.2) is 0 Å². The summed E-state index contributed by atoms with van der Waals surface area (Å²) in [7, 11) is 0. The van der Waals surface area contributed by atoms with Gasteiger partial charge in [0.25, 0.3) is 0 Å². The van der Waals surface area contributed by atoms with E-state index in [2.05, 4.69) is 0 Å². The maximum absolute atomic E-state index is 12.2. The number of carbonyl (C=O) groups is 2. The van der Waals surface area contributed by atoms with Crippen molar-refractivity contribution in [2.75, 3.05) is 19.0 Å². The summed E-state index contributed by atoms with van der Waals surface area (Å²) >= 11 is -0.258. The van der Waals surface area contributed by atoms with Gasteiger partial charge in [0.1, 0.15) is 0 Å². The third kappa shape index (κ3) is 6.58. The molecule has 0 rings (SSSR count). The molecule has 0 aromatic rings. The number of carbonyl (C=O) groups excluding carboxylic acids is 2. The van der Waals surface area contributed by atoms with Gasteiger partial charge in [-0.15, -0.1) is 0 Å². The van der Waals surface area contributed by atoms with Gasteiger partial charge in [-0.1, -0.05) is 25.1 Å². The third-order valence-corrected chi connectivity index (χ3v) is 3.54. The highest BCUT2D eigenvalue weighted by atomic mass is 32.2. The molecule has 0 spiro atoms. The van der Waals surface area contributed by atoms with Gasteiger partial charge >= 0.3 is 17.4 Å². The highest BCUT2D eigenvalue weighted by Gasteiger charge is 2.48. The van der Waals surface area contributed by atoms with Crippen LogP contribution >= 0.6 is 11.8 Å². The van der Waals surface area contributed by atoms with Crippen molar-refractivity contribution < 1.29 is 32.2 Å². The van der Waals surface area contributed by atoms with Crippen LogP contribution in [0.25, 0.3) is 0 Å². The van der Waals surface area contributed by atoms with E-state index in [0.717, 1.165) is 0 Å². The van der Waals surface area contributed by atoms with Gasteiger partial charge in [-0.3, -0.25) is 9.59 Å². The molecule has 0 bridgehead atoms. The van der Waals surface area contributed by atoms with Crippen LogP contribution in [0.3, 0.4) is 0 Å². The Bertz CT molecular complexity index is 327. The fourth-order valence-corrected chi connectivity index (χ4v) is 2.60. The van der Waals surface area contributed by atoms with Gasteiger partial charge < -0.3 is 9.47 Å². The zero-order chi connectivity index (χ0) is 16.5. The van der Waals surface area contributed by atoms with Crippen LogP contribution in [0.2, 0.25) is 0 Å². The molecule has 0 fully saturated rings. The van der Waals surface area contributed by atoms with Crippen molar-refractivity contribution >= 4 is 23.7 Å². The third-order valence-electron chi connectivity index (χ3n) is 2.80. The average molecular weight is 330 g/mol. The molecule has 0 aliphatic carbocycles. The maximum Gasteiger partial charge on any atom is 0.441 e. The van der Waals surface area contributed by atoms with E-state index in [1.165, 1.54) is 0 Å². The van der Waals surface area contributed by atoms with Crippen molar-refractivity contribution in [2.24, 2.45) is 5.41 Å². The quantitative estimate of drug-likeness (QED) is 0.478. The van der Waals surface area contributed by atoms with Crippen LogP contribution in [-0.4, -0.2) is 36.4 Å². The molecule has 0 aliphatic rings. The lowest BCUT2D eigenvalue weighted by Crippen LogP contribution is -2.42. The first-order valence-electron chi connectivity index (χ1n) is 6.78. The lowest BCUT2D eigenvalue weighted by atomic mass is 9.80. The van der Waals surface area contributed by atoms with Gasteiger partial charge in [0.15, 0.2) is 5.41 Å². The normalized spacial score (nSPS) is 12.1. The predicted molar refractivity (Wildman–Crippen MR) is 73.7 cm³/mol. The molecule has 0 saturated carbocycles. The van der Waals surface area contributed by atoms with Crippen LogP contribution in [0.1, 0.15) is 40.0 Å². The highest BCUT2D eigenvalue weighted by Crippen LogP contribution is 2.37. The molecule has 0 aromatic heterocycles. The zero-order valence-corrected chi connectivity index (χ0v) is 13.2. The molecular formula is C13H21F3O4S. The number of rotatable bonds is 9. The summed E-state index contributed by atoms with van der Waals surface area (Å²) in [6, 6.07) is 0. The second-order valence-corrected chi connectivity index (χ2v) is 5.48. The minimum absolute atomic E-state index is 0.0517. The summed E-state index contributed by atoms with van der Waals surface area (Å²) in [4.78, 5) is 24.2. The number of ether oxygens (including phenoxy) is 2. The lowest BCUT2D eigenvalue weighted by Gasteiger charge is -2.28. The number of esters is 2. The smallest absolute Gasteiger partial charge is 0.441 e. The van der Waals surface area contributed by atoms with E-state index in [9.17, 15) is 22.8 Å². The SMILES string of the molecule is CCCC(CCSC(F)(F)F)(C(=O)OCC)C(=O)OCC. The van der Waals surface area contributed by atoms with E-state index >= 15 is 0 Å². The van der Waals surface area contributed by atoms with E-state index in [-0.39, 0.29) is 37.8 Å². The fraction of sp³-hybridized carbons (Fsp3) is 0.846. The number of hydrogen-bond acceptors (Lipinski definition) is 5. The summed E-state index contributed by atoms with van der Waals surface area (Å²) in [5, 5.41) is 0. The minimum Gasteiger partial charge on any atom is -0.465 e. The molecule has 0 amide bonds. The standard InChI is InChI=1S/C13H21F3O4S/c1-4-7-12(10(17)19-5-2,11(18)20-6-3)8-9-21-13(14,15)16/h4-9H2,1-3H3. The Balaban J connectivity index is 5.17. The molecular weight excluding hydrogens is 309 g/mol. The highest BCUT2D eigenvalue weighted by molar-refractivity contribution is 8.00. The molecule has 8 heteroatoms. The van der Waals surface area contributed by atoms with E-state index in [1.54, 1.807) is 20.8 Å². The molecule has 21 heavy (non-hydrogen) atoms. The van der Waals surface area contributed by atoms with Crippen molar-refractivity contribution in [3.05, 3.63) is 0 Å². The first-order chi connectivity index (χ1) is 9.73. The van der Waals surface area contributed by atoms with Crippen molar-refractivity contribution in [3.8, 4) is 0 Å². The van der Waals surface area contributed by atoms with Gasteiger partial charge in [-0.2, -0.15) is 13.2 Å². The van der Waals surface area contributed by atoms with Crippen LogP contribution < -0.4 is 0 Å². The van der Waals surface area contributed by atoms with Crippen molar-refractivity contribution in [2.45, 2.75) is 45.5 Å². The Labute approximate surface area is 126 Å².